The highest BCUT2D eigenvalue weighted by Gasteiger charge is 2.10. The lowest BCUT2D eigenvalue weighted by atomic mass is 10.1. The summed E-state index contributed by atoms with van der Waals surface area (Å²) in [5.74, 6) is 1.05. The number of nitrogens with one attached hydrogen (secondary N) is 1. The molecule has 0 aliphatic carbocycles. The van der Waals surface area contributed by atoms with E-state index in [1.165, 1.54) is 13.0 Å². The van der Waals surface area contributed by atoms with Crippen LogP contribution in [0.3, 0.4) is 0 Å². The van der Waals surface area contributed by atoms with Crippen LogP contribution in [-0.4, -0.2) is 31.1 Å². The summed E-state index contributed by atoms with van der Waals surface area (Å²) in [6, 6.07) is 4.36. The van der Waals surface area contributed by atoms with Gasteiger partial charge in [-0.1, -0.05) is 20.8 Å². The molecule has 0 saturated carbocycles. The van der Waals surface area contributed by atoms with E-state index >= 15 is 0 Å². The minimum atomic E-state index is 0.363. The van der Waals surface area contributed by atoms with Gasteiger partial charge in [-0.25, -0.2) is 0 Å². The van der Waals surface area contributed by atoms with Crippen molar-refractivity contribution >= 4 is 0 Å². The quantitative estimate of drug-likeness (QED) is 0.670. The van der Waals surface area contributed by atoms with Crippen LogP contribution in [0.4, 0.5) is 0 Å². The lowest BCUT2D eigenvalue weighted by Gasteiger charge is -2.19. The first-order valence-corrected chi connectivity index (χ1v) is 6.80. The normalized spacial score (nSPS) is 13.2. The second-order valence-electron chi connectivity index (χ2n) is 4.31. The molecule has 98 valence electrons. The van der Waals surface area contributed by atoms with E-state index in [4.69, 9.17) is 4.42 Å². The number of rotatable bonds is 9. The largest absolute Gasteiger partial charge is 0.468 e. The predicted octanol–water partition coefficient (Wildman–Crippen LogP) is 3.05. The first kappa shape index (κ1) is 14.3. The zero-order chi connectivity index (χ0) is 12.5. The molecule has 0 spiro atoms. The Kier molecular flexibility index (Phi) is 6.97. The Labute approximate surface area is 105 Å². The zero-order valence-corrected chi connectivity index (χ0v) is 11.4. The first-order chi connectivity index (χ1) is 8.31. The van der Waals surface area contributed by atoms with Crippen molar-refractivity contribution in [3.63, 3.8) is 0 Å². The maximum Gasteiger partial charge on any atom is 0.120 e. The minimum absolute atomic E-state index is 0.363. The van der Waals surface area contributed by atoms with Gasteiger partial charge in [-0.3, -0.25) is 0 Å². The van der Waals surface area contributed by atoms with E-state index in [-0.39, 0.29) is 0 Å². The van der Waals surface area contributed by atoms with Gasteiger partial charge in [-0.05, 0) is 51.2 Å². The standard InChI is InChI=1S/C14H26N2O/c1-4-13(14-9-7-12-17-14)15-10-8-11-16(5-2)6-3/h7,9,12-13,15H,4-6,8,10-11H2,1-3H3. The second-order valence-corrected chi connectivity index (χ2v) is 4.31. The van der Waals surface area contributed by atoms with Gasteiger partial charge in [-0.15, -0.1) is 0 Å². The number of furan rings is 1. The highest BCUT2D eigenvalue weighted by molar-refractivity contribution is 5.03. The van der Waals surface area contributed by atoms with Crippen LogP contribution in [0.1, 0.15) is 45.4 Å². The van der Waals surface area contributed by atoms with Crippen LogP contribution in [0.15, 0.2) is 22.8 Å². The molecule has 1 aromatic heterocycles. The molecule has 1 atom stereocenters. The Bertz CT molecular complexity index is 268. The number of hydrogen-bond acceptors (Lipinski definition) is 3. The molecular formula is C14H26N2O. The summed E-state index contributed by atoms with van der Waals surface area (Å²) in [6.07, 6.45) is 4.01. The Morgan fingerprint density at radius 3 is 2.59 bits per heavy atom. The zero-order valence-electron chi connectivity index (χ0n) is 11.4. The van der Waals surface area contributed by atoms with E-state index in [9.17, 15) is 0 Å². The molecule has 0 aliphatic heterocycles. The molecule has 1 heterocycles. The van der Waals surface area contributed by atoms with Crippen molar-refractivity contribution in [2.24, 2.45) is 0 Å². The summed E-state index contributed by atoms with van der Waals surface area (Å²) in [5.41, 5.74) is 0. The smallest absolute Gasteiger partial charge is 0.120 e. The molecule has 0 aromatic carbocycles. The van der Waals surface area contributed by atoms with Crippen molar-refractivity contribution < 1.29 is 4.42 Å². The molecule has 1 aromatic rings. The molecule has 0 amide bonds. The van der Waals surface area contributed by atoms with Crippen molar-refractivity contribution in [1.29, 1.82) is 0 Å². The van der Waals surface area contributed by atoms with Crippen molar-refractivity contribution in [1.82, 2.24) is 10.2 Å². The Balaban J connectivity index is 2.20. The van der Waals surface area contributed by atoms with Crippen molar-refractivity contribution in [2.75, 3.05) is 26.2 Å². The van der Waals surface area contributed by atoms with Gasteiger partial charge < -0.3 is 14.6 Å². The Morgan fingerprint density at radius 2 is 2.06 bits per heavy atom. The fourth-order valence-corrected chi connectivity index (χ4v) is 2.05. The van der Waals surface area contributed by atoms with Crippen LogP contribution in [0.25, 0.3) is 0 Å². The fourth-order valence-electron chi connectivity index (χ4n) is 2.05. The van der Waals surface area contributed by atoms with Crippen molar-refractivity contribution in [3.05, 3.63) is 24.2 Å². The number of hydrogen-bond donors (Lipinski definition) is 1. The van der Waals surface area contributed by atoms with E-state index < -0.39 is 0 Å². The fraction of sp³-hybridized carbons (Fsp3) is 0.714. The van der Waals surface area contributed by atoms with Gasteiger partial charge in [0.1, 0.15) is 5.76 Å². The molecule has 3 nitrogen and oxygen atoms in total. The van der Waals surface area contributed by atoms with Crippen molar-refractivity contribution in [3.8, 4) is 0 Å². The molecule has 1 rings (SSSR count). The Morgan fingerprint density at radius 1 is 1.29 bits per heavy atom. The molecule has 17 heavy (non-hydrogen) atoms. The van der Waals surface area contributed by atoms with E-state index in [0.717, 1.165) is 31.8 Å². The second kappa shape index (κ2) is 8.31. The molecule has 1 N–H and O–H groups in total. The average Bonchev–Trinajstić information content (AvgIpc) is 2.88. The summed E-state index contributed by atoms with van der Waals surface area (Å²) >= 11 is 0. The third-order valence-electron chi connectivity index (χ3n) is 3.23. The van der Waals surface area contributed by atoms with Crippen LogP contribution in [0, 0.1) is 0 Å². The van der Waals surface area contributed by atoms with Crippen LogP contribution < -0.4 is 5.32 Å². The van der Waals surface area contributed by atoms with E-state index in [1.54, 1.807) is 6.26 Å². The third-order valence-corrected chi connectivity index (χ3v) is 3.23. The SMILES string of the molecule is CCC(NCCCN(CC)CC)c1ccco1. The van der Waals surface area contributed by atoms with E-state index in [1.807, 2.05) is 12.1 Å². The lowest BCUT2D eigenvalue weighted by molar-refractivity contribution is 0.293. The van der Waals surface area contributed by atoms with Crippen LogP contribution in [-0.2, 0) is 0 Å². The lowest BCUT2D eigenvalue weighted by Crippen LogP contribution is -2.28. The highest BCUT2D eigenvalue weighted by Crippen LogP contribution is 2.16. The summed E-state index contributed by atoms with van der Waals surface area (Å²) < 4.78 is 5.43. The van der Waals surface area contributed by atoms with Gasteiger partial charge in [0.05, 0.1) is 12.3 Å². The minimum Gasteiger partial charge on any atom is -0.468 e. The van der Waals surface area contributed by atoms with Crippen LogP contribution in [0.5, 0.6) is 0 Å². The number of nitrogens with zero attached hydrogens (tertiary/aromatic N) is 1. The van der Waals surface area contributed by atoms with Gasteiger partial charge in [0, 0.05) is 0 Å². The molecule has 0 saturated heterocycles. The van der Waals surface area contributed by atoms with Crippen LogP contribution >= 0.6 is 0 Å². The summed E-state index contributed by atoms with van der Waals surface area (Å²) in [5, 5.41) is 3.55. The van der Waals surface area contributed by atoms with Gasteiger partial charge in [0.25, 0.3) is 0 Å². The first-order valence-electron chi connectivity index (χ1n) is 6.80. The van der Waals surface area contributed by atoms with Gasteiger partial charge in [0.15, 0.2) is 0 Å². The molecule has 0 radical (unpaired) electrons. The van der Waals surface area contributed by atoms with Crippen LogP contribution in [0.2, 0.25) is 0 Å². The monoisotopic (exact) mass is 238 g/mol. The van der Waals surface area contributed by atoms with Gasteiger partial charge in [-0.2, -0.15) is 0 Å². The topological polar surface area (TPSA) is 28.4 Å². The molecule has 3 heteroatoms. The maximum absolute atomic E-state index is 5.43. The van der Waals surface area contributed by atoms with E-state index in [0.29, 0.717) is 6.04 Å². The van der Waals surface area contributed by atoms with Gasteiger partial charge in [0.2, 0.25) is 0 Å². The molecular weight excluding hydrogens is 212 g/mol. The van der Waals surface area contributed by atoms with E-state index in [2.05, 4.69) is 31.0 Å². The van der Waals surface area contributed by atoms with Crippen molar-refractivity contribution in [2.45, 2.75) is 39.7 Å². The predicted molar refractivity (Wildman–Crippen MR) is 72.1 cm³/mol. The average molecular weight is 238 g/mol. The van der Waals surface area contributed by atoms with Gasteiger partial charge >= 0.3 is 0 Å². The molecule has 1 unspecified atom stereocenters. The molecule has 0 aliphatic rings. The highest BCUT2D eigenvalue weighted by atomic mass is 16.3. The summed E-state index contributed by atoms with van der Waals surface area (Å²) in [6.45, 7) is 11.1. The Hall–Kier alpha value is -0.800. The maximum atomic E-state index is 5.43. The molecule has 0 fully saturated rings. The summed E-state index contributed by atoms with van der Waals surface area (Å²) in [4.78, 5) is 2.45. The summed E-state index contributed by atoms with van der Waals surface area (Å²) in [7, 11) is 0. The molecule has 0 bridgehead atoms. The third kappa shape index (κ3) is 4.92.